The Hall–Kier alpha value is -2.06. The van der Waals surface area contributed by atoms with Crippen molar-refractivity contribution in [2.75, 3.05) is 25.4 Å². The highest BCUT2D eigenvalue weighted by atomic mass is 32.1. The Morgan fingerprint density at radius 3 is 2.95 bits per heavy atom. The smallest absolute Gasteiger partial charge is 0.266 e. The van der Waals surface area contributed by atoms with Gasteiger partial charge in [-0.3, -0.25) is 4.79 Å². The van der Waals surface area contributed by atoms with Crippen molar-refractivity contribution in [3.8, 4) is 0 Å². The largest absolute Gasteiger partial charge is 0.384 e. The van der Waals surface area contributed by atoms with E-state index in [1.807, 2.05) is 6.92 Å². The molecule has 0 bridgehead atoms. The molecule has 2 aromatic rings. The summed E-state index contributed by atoms with van der Waals surface area (Å²) in [4.78, 5) is 27.6. The van der Waals surface area contributed by atoms with E-state index in [2.05, 4.69) is 15.0 Å². The Kier molecular flexibility index (Phi) is 4.04. The lowest BCUT2D eigenvalue weighted by Gasteiger charge is -2.32. The van der Waals surface area contributed by atoms with Gasteiger partial charge in [0.05, 0.1) is 30.1 Å². The van der Waals surface area contributed by atoms with Crippen LogP contribution in [0.15, 0.2) is 11.6 Å². The molecule has 22 heavy (non-hydrogen) atoms. The number of thiazole rings is 1. The zero-order chi connectivity index (χ0) is 15.7. The van der Waals surface area contributed by atoms with Crippen molar-refractivity contribution in [3.63, 3.8) is 0 Å². The lowest BCUT2D eigenvalue weighted by molar-refractivity contribution is -0.0246. The molecule has 1 aliphatic rings. The number of hydrogen-bond acceptors (Lipinski definition) is 7. The fourth-order valence-electron chi connectivity index (χ4n) is 2.44. The summed E-state index contributed by atoms with van der Waals surface area (Å²) in [6.07, 6.45) is -0.282. The van der Waals surface area contributed by atoms with Gasteiger partial charge in [0.25, 0.3) is 5.91 Å². The summed E-state index contributed by atoms with van der Waals surface area (Å²) < 4.78 is 5.75. The first-order chi connectivity index (χ1) is 10.5. The maximum absolute atomic E-state index is 12.6. The summed E-state index contributed by atoms with van der Waals surface area (Å²) in [5.74, 6) is 1.00. The Balaban J connectivity index is 1.79. The van der Waals surface area contributed by atoms with Gasteiger partial charge in [0.1, 0.15) is 22.6 Å². The van der Waals surface area contributed by atoms with E-state index < -0.39 is 0 Å². The first kappa shape index (κ1) is 14.9. The number of nitrogens with two attached hydrogens (primary N) is 1. The third kappa shape index (κ3) is 2.93. The van der Waals surface area contributed by atoms with Crippen molar-refractivity contribution in [1.29, 1.82) is 0 Å². The highest BCUT2D eigenvalue weighted by molar-refractivity contribution is 7.11. The Morgan fingerprint density at radius 1 is 1.45 bits per heavy atom. The number of ether oxygens (including phenoxy) is 1. The number of nitrogen functional groups attached to an aromatic ring is 1. The molecule has 2 N–H and O–H groups in total. The number of aryl methyl sites for hydroxylation is 2. The van der Waals surface area contributed by atoms with Crippen molar-refractivity contribution in [2.24, 2.45) is 0 Å². The van der Waals surface area contributed by atoms with Gasteiger partial charge in [0.15, 0.2) is 0 Å². The van der Waals surface area contributed by atoms with Crippen LogP contribution in [-0.2, 0) is 4.74 Å². The van der Waals surface area contributed by atoms with Gasteiger partial charge in [0.2, 0.25) is 0 Å². The third-order valence-electron chi connectivity index (χ3n) is 3.50. The second-order valence-electron chi connectivity index (χ2n) is 5.14. The van der Waals surface area contributed by atoms with Crippen LogP contribution in [0.1, 0.15) is 33.0 Å². The molecule has 3 heterocycles. The Labute approximate surface area is 132 Å². The van der Waals surface area contributed by atoms with E-state index >= 15 is 0 Å². The first-order valence-corrected chi connectivity index (χ1v) is 7.84. The fourth-order valence-corrected chi connectivity index (χ4v) is 3.21. The molecule has 1 saturated heterocycles. The van der Waals surface area contributed by atoms with Crippen molar-refractivity contribution < 1.29 is 9.53 Å². The molecule has 7 nitrogen and oxygen atoms in total. The van der Waals surface area contributed by atoms with Gasteiger partial charge in [-0.15, -0.1) is 11.3 Å². The first-order valence-electron chi connectivity index (χ1n) is 6.96. The zero-order valence-electron chi connectivity index (χ0n) is 12.4. The summed E-state index contributed by atoms with van der Waals surface area (Å²) in [5, 5.41) is 0. The molecule has 0 unspecified atom stereocenters. The Morgan fingerprint density at radius 2 is 2.27 bits per heavy atom. The summed E-state index contributed by atoms with van der Waals surface area (Å²) in [5.41, 5.74) is 8.93. The maximum Gasteiger partial charge on any atom is 0.266 e. The molecule has 8 heteroatoms. The molecular weight excluding hydrogens is 302 g/mol. The lowest BCUT2D eigenvalue weighted by atomic mass is 10.2. The average molecular weight is 319 g/mol. The number of anilines is 1. The van der Waals surface area contributed by atoms with Crippen LogP contribution >= 0.6 is 11.3 Å². The topological polar surface area (TPSA) is 94.2 Å². The number of carbonyl (C=O) groups is 1. The van der Waals surface area contributed by atoms with E-state index in [1.54, 1.807) is 23.4 Å². The van der Waals surface area contributed by atoms with Gasteiger partial charge in [-0.05, 0) is 13.8 Å². The predicted octanol–water partition coefficient (Wildman–Crippen LogP) is 1.35. The van der Waals surface area contributed by atoms with Gasteiger partial charge in [-0.1, -0.05) is 0 Å². The van der Waals surface area contributed by atoms with E-state index in [0.29, 0.717) is 41.9 Å². The minimum Gasteiger partial charge on any atom is -0.384 e. The van der Waals surface area contributed by atoms with Crippen molar-refractivity contribution in [2.45, 2.75) is 20.0 Å². The minimum absolute atomic E-state index is 0.00736. The number of nitrogens with zero attached hydrogens (tertiary/aromatic N) is 4. The van der Waals surface area contributed by atoms with Crippen molar-refractivity contribution in [1.82, 2.24) is 19.9 Å². The molecule has 2 aromatic heterocycles. The van der Waals surface area contributed by atoms with E-state index in [4.69, 9.17) is 10.5 Å². The zero-order valence-corrected chi connectivity index (χ0v) is 13.3. The number of hydrogen-bond donors (Lipinski definition) is 1. The SMILES string of the molecule is Cc1nc(N)cc([C@@H]2CN(C(=O)c3scnc3C)CCO2)n1. The molecule has 0 radical (unpaired) electrons. The molecule has 0 aromatic carbocycles. The molecule has 1 atom stereocenters. The highest BCUT2D eigenvalue weighted by Gasteiger charge is 2.28. The second kappa shape index (κ2) is 5.98. The summed E-state index contributed by atoms with van der Waals surface area (Å²) in [7, 11) is 0. The van der Waals surface area contributed by atoms with E-state index in [-0.39, 0.29) is 12.0 Å². The van der Waals surface area contributed by atoms with E-state index in [0.717, 1.165) is 5.69 Å². The van der Waals surface area contributed by atoms with Gasteiger partial charge >= 0.3 is 0 Å². The summed E-state index contributed by atoms with van der Waals surface area (Å²) in [6, 6.07) is 1.70. The molecule has 1 aliphatic heterocycles. The molecule has 0 aliphatic carbocycles. The number of amides is 1. The molecule has 3 rings (SSSR count). The van der Waals surface area contributed by atoms with E-state index in [1.165, 1.54) is 11.3 Å². The predicted molar refractivity (Wildman–Crippen MR) is 82.6 cm³/mol. The molecule has 116 valence electrons. The van der Waals surface area contributed by atoms with Gasteiger partial charge < -0.3 is 15.4 Å². The molecule has 0 saturated carbocycles. The molecule has 1 fully saturated rings. The monoisotopic (exact) mass is 319 g/mol. The van der Waals surface area contributed by atoms with Gasteiger partial charge in [-0.2, -0.15) is 0 Å². The minimum atomic E-state index is -0.282. The molecular formula is C14H17N5O2S. The van der Waals surface area contributed by atoms with E-state index in [9.17, 15) is 4.79 Å². The van der Waals surface area contributed by atoms with Gasteiger partial charge in [0, 0.05) is 12.6 Å². The second-order valence-corrected chi connectivity index (χ2v) is 6.00. The van der Waals surface area contributed by atoms with Crippen LogP contribution in [0.25, 0.3) is 0 Å². The van der Waals surface area contributed by atoms with Crippen LogP contribution in [0.4, 0.5) is 5.82 Å². The van der Waals surface area contributed by atoms with Crippen molar-refractivity contribution in [3.05, 3.63) is 33.7 Å². The number of morpholine rings is 1. The van der Waals surface area contributed by atoms with Crippen LogP contribution in [-0.4, -0.2) is 45.5 Å². The van der Waals surface area contributed by atoms with Crippen molar-refractivity contribution >= 4 is 23.1 Å². The van der Waals surface area contributed by atoms with Gasteiger partial charge in [-0.25, -0.2) is 15.0 Å². The van der Waals surface area contributed by atoms with Crippen LogP contribution in [0, 0.1) is 13.8 Å². The summed E-state index contributed by atoms with van der Waals surface area (Å²) in [6.45, 7) is 5.11. The number of carbonyl (C=O) groups excluding carboxylic acids is 1. The van der Waals surface area contributed by atoms with Crippen LogP contribution in [0.5, 0.6) is 0 Å². The highest BCUT2D eigenvalue weighted by Crippen LogP contribution is 2.24. The average Bonchev–Trinajstić information content (AvgIpc) is 2.92. The standard InChI is InChI=1S/C14H17N5O2S/c1-8-13(22-7-16-8)14(20)19-3-4-21-11(6-19)10-5-12(15)18-9(2)17-10/h5,7,11H,3-4,6H2,1-2H3,(H2,15,17,18)/t11-/m0/s1. The molecule has 0 spiro atoms. The van der Waals surface area contributed by atoms with Crippen LogP contribution in [0.3, 0.4) is 0 Å². The fraction of sp³-hybridized carbons (Fsp3) is 0.429. The normalized spacial score (nSPS) is 18.5. The van der Waals surface area contributed by atoms with Crippen LogP contribution < -0.4 is 5.73 Å². The number of rotatable bonds is 2. The quantitative estimate of drug-likeness (QED) is 0.898. The third-order valence-corrected chi connectivity index (χ3v) is 4.42. The van der Waals surface area contributed by atoms with Crippen LogP contribution in [0.2, 0.25) is 0 Å². The summed E-state index contributed by atoms with van der Waals surface area (Å²) >= 11 is 1.36. The molecule has 1 amide bonds. The number of aromatic nitrogens is 3. The maximum atomic E-state index is 12.6. The lowest BCUT2D eigenvalue weighted by Crippen LogP contribution is -2.42. The Bertz CT molecular complexity index is 682.